The minimum absolute atomic E-state index is 0.0543. The average Bonchev–Trinajstić information content (AvgIpc) is 2.76. The quantitative estimate of drug-likeness (QED) is 0.688. The number of halogens is 1. The minimum atomic E-state index is -0.863. The molecule has 0 bridgehead atoms. The monoisotopic (exact) mass is 318 g/mol. The number of urea groups is 1. The van der Waals surface area contributed by atoms with Crippen LogP contribution >= 0.6 is 0 Å². The predicted molar refractivity (Wildman–Crippen MR) is 81.3 cm³/mol. The lowest BCUT2D eigenvalue weighted by Gasteiger charge is -2.36. The van der Waals surface area contributed by atoms with Crippen LogP contribution in [0.4, 0.5) is 9.18 Å². The van der Waals surface area contributed by atoms with E-state index >= 15 is 0 Å². The van der Waals surface area contributed by atoms with Crippen LogP contribution in [-0.4, -0.2) is 34.7 Å². The number of nitrogens with one attached hydrogen (secondary N) is 1. The molecule has 3 amide bonds. The van der Waals surface area contributed by atoms with Gasteiger partial charge in [-0.1, -0.05) is 19.8 Å². The highest BCUT2D eigenvalue weighted by atomic mass is 19.1. The summed E-state index contributed by atoms with van der Waals surface area (Å²) in [5.41, 5.74) is -0.581. The molecule has 2 atom stereocenters. The summed E-state index contributed by atoms with van der Waals surface area (Å²) >= 11 is 0. The summed E-state index contributed by atoms with van der Waals surface area (Å²) in [4.78, 5) is 38.2. The van der Waals surface area contributed by atoms with Gasteiger partial charge in [0.1, 0.15) is 11.4 Å². The van der Waals surface area contributed by atoms with Crippen LogP contribution in [0.5, 0.6) is 0 Å². The zero-order valence-corrected chi connectivity index (χ0v) is 13.0. The van der Waals surface area contributed by atoms with Gasteiger partial charge in [0, 0.05) is 5.56 Å². The molecule has 1 spiro atoms. The van der Waals surface area contributed by atoms with Gasteiger partial charge in [0.25, 0.3) is 5.91 Å². The van der Waals surface area contributed by atoms with Crippen LogP contribution in [0.1, 0.15) is 43.0 Å². The fourth-order valence-electron chi connectivity index (χ4n) is 3.51. The van der Waals surface area contributed by atoms with Crippen LogP contribution in [-0.2, 0) is 4.79 Å². The van der Waals surface area contributed by atoms with Gasteiger partial charge in [0.15, 0.2) is 5.78 Å². The third-order valence-corrected chi connectivity index (χ3v) is 4.97. The molecule has 1 aliphatic heterocycles. The van der Waals surface area contributed by atoms with Crippen LogP contribution < -0.4 is 5.32 Å². The Balaban J connectivity index is 1.78. The van der Waals surface area contributed by atoms with Crippen molar-refractivity contribution in [2.45, 2.75) is 38.1 Å². The van der Waals surface area contributed by atoms with Crippen molar-refractivity contribution < 1.29 is 18.8 Å². The second kappa shape index (κ2) is 5.76. The number of ketones is 1. The Morgan fingerprint density at radius 2 is 2.00 bits per heavy atom. The summed E-state index contributed by atoms with van der Waals surface area (Å²) < 4.78 is 12.9. The van der Waals surface area contributed by atoms with Crippen molar-refractivity contribution in [3.63, 3.8) is 0 Å². The Bertz CT molecular complexity index is 658. The van der Waals surface area contributed by atoms with Crippen molar-refractivity contribution in [2.24, 2.45) is 5.92 Å². The number of hydrogen-bond donors (Lipinski definition) is 1. The van der Waals surface area contributed by atoms with Crippen LogP contribution in [0.2, 0.25) is 0 Å². The molecule has 0 unspecified atom stereocenters. The fourth-order valence-corrected chi connectivity index (χ4v) is 3.51. The summed E-state index contributed by atoms with van der Waals surface area (Å²) in [6, 6.07) is 4.57. The maximum Gasteiger partial charge on any atom is 0.325 e. The highest BCUT2D eigenvalue weighted by Gasteiger charge is 2.55. The predicted octanol–water partition coefficient (Wildman–Crippen LogP) is 2.51. The molecule has 2 aliphatic rings. The Morgan fingerprint density at radius 1 is 1.30 bits per heavy atom. The van der Waals surface area contributed by atoms with E-state index in [1.807, 2.05) is 6.92 Å². The lowest BCUT2D eigenvalue weighted by molar-refractivity contribution is -0.133. The zero-order chi connectivity index (χ0) is 16.6. The fraction of sp³-hybridized carbons (Fsp3) is 0.471. The molecule has 5 nitrogen and oxygen atoms in total. The molecule has 0 aromatic heterocycles. The normalized spacial score (nSPS) is 27.4. The summed E-state index contributed by atoms with van der Waals surface area (Å²) in [5, 5.41) is 2.81. The van der Waals surface area contributed by atoms with Crippen LogP contribution in [0.15, 0.2) is 24.3 Å². The third kappa shape index (κ3) is 2.62. The maximum atomic E-state index is 12.9. The van der Waals surface area contributed by atoms with E-state index in [0.29, 0.717) is 6.42 Å². The van der Waals surface area contributed by atoms with Gasteiger partial charge >= 0.3 is 6.03 Å². The molecule has 122 valence electrons. The molecular formula is C17H19FN2O3. The molecule has 1 saturated carbocycles. The molecule has 0 radical (unpaired) electrons. The maximum absolute atomic E-state index is 12.9. The number of amides is 3. The Morgan fingerprint density at radius 3 is 2.65 bits per heavy atom. The van der Waals surface area contributed by atoms with E-state index in [0.717, 1.165) is 24.2 Å². The van der Waals surface area contributed by atoms with E-state index in [2.05, 4.69) is 5.32 Å². The average molecular weight is 318 g/mol. The highest BCUT2D eigenvalue weighted by molar-refractivity contribution is 6.11. The van der Waals surface area contributed by atoms with Gasteiger partial charge in [0.2, 0.25) is 0 Å². The van der Waals surface area contributed by atoms with Gasteiger partial charge in [-0.2, -0.15) is 0 Å². The zero-order valence-electron chi connectivity index (χ0n) is 13.0. The second-order valence-electron chi connectivity index (χ2n) is 6.37. The van der Waals surface area contributed by atoms with E-state index in [1.54, 1.807) is 0 Å². The van der Waals surface area contributed by atoms with Crippen LogP contribution in [0.3, 0.4) is 0 Å². The van der Waals surface area contributed by atoms with Gasteiger partial charge in [0.05, 0.1) is 6.54 Å². The smallest absolute Gasteiger partial charge is 0.323 e. The van der Waals surface area contributed by atoms with E-state index in [4.69, 9.17) is 0 Å². The highest BCUT2D eigenvalue weighted by Crippen LogP contribution is 2.38. The van der Waals surface area contributed by atoms with Crippen molar-refractivity contribution in [1.29, 1.82) is 0 Å². The number of benzene rings is 1. The van der Waals surface area contributed by atoms with Gasteiger partial charge in [-0.15, -0.1) is 0 Å². The summed E-state index contributed by atoms with van der Waals surface area (Å²) in [7, 11) is 0. The van der Waals surface area contributed by atoms with Gasteiger partial charge in [-0.3, -0.25) is 14.5 Å². The van der Waals surface area contributed by atoms with E-state index < -0.39 is 17.4 Å². The summed E-state index contributed by atoms with van der Waals surface area (Å²) in [6.07, 6.45) is 3.42. The van der Waals surface area contributed by atoms with E-state index in [-0.39, 0.29) is 29.7 Å². The SMILES string of the molecule is C[C@H]1CCCC[C@@]12NC(=O)N(CC(=O)c1ccc(F)cc1)C2=O. The number of carbonyl (C=O) groups excluding carboxylic acids is 3. The minimum Gasteiger partial charge on any atom is -0.323 e. The first kappa shape index (κ1) is 15.6. The first-order valence-electron chi connectivity index (χ1n) is 7.87. The van der Waals surface area contributed by atoms with Crippen LogP contribution in [0, 0.1) is 11.7 Å². The molecule has 1 saturated heterocycles. The molecule has 1 aromatic rings. The van der Waals surface area contributed by atoms with Crippen molar-refractivity contribution in [3.05, 3.63) is 35.6 Å². The molecule has 3 rings (SSSR count). The van der Waals surface area contributed by atoms with E-state index in [1.165, 1.54) is 24.3 Å². The van der Waals surface area contributed by atoms with Gasteiger partial charge in [-0.25, -0.2) is 9.18 Å². The van der Waals surface area contributed by atoms with E-state index in [9.17, 15) is 18.8 Å². The largest absolute Gasteiger partial charge is 0.325 e. The first-order chi connectivity index (χ1) is 10.9. The number of imide groups is 1. The number of carbonyl (C=O) groups is 3. The number of hydrogen-bond acceptors (Lipinski definition) is 3. The first-order valence-corrected chi connectivity index (χ1v) is 7.87. The molecular weight excluding hydrogens is 299 g/mol. The lowest BCUT2D eigenvalue weighted by atomic mass is 9.73. The number of nitrogens with zero attached hydrogens (tertiary/aromatic N) is 1. The Labute approximate surface area is 133 Å². The Kier molecular flexibility index (Phi) is 3.92. The van der Waals surface area contributed by atoms with Crippen LogP contribution in [0.25, 0.3) is 0 Å². The molecule has 1 aliphatic carbocycles. The summed E-state index contributed by atoms with van der Waals surface area (Å²) in [6.45, 7) is 1.65. The molecule has 6 heteroatoms. The second-order valence-corrected chi connectivity index (χ2v) is 6.37. The molecule has 1 heterocycles. The standard InChI is InChI=1S/C17H19FN2O3/c1-11-4-2-3-9-17(11)15(22)20(16(23)19-17)10-14(21)12-5-7-13(18)8-6-12/h5-8,11H,2-4,9-10H2,1H3,(H,19,23)/t11-,17+/m0/s1. The van der Waals surface area contributed by atoms with Crippen molar-refractivity contribution in [1.82, 2.24) is 10.2 Å². The lowest BCUT2D eigenvalue weighted by Crippen LogP contribution is -2.54. The molecule has 1 aromatic carbocycles. The Hall–Kier alpha value is -2.24. The van der Waals surface area contributed by atoms with Crippen molar-refractivity contribution >= 4 is 17.7 Å². The van der Waals surface area contributed by atoms with Crippen molar-refractivity contribution in [2.75, 3.05) is 6.54 Å². The summed E-state index contributed by atoms with van der Waals surface area (Å²) in [5.74, 6) is -1.08. The molecule has 23 heavy (non-hydrogen) atoms. The topological polar surface area (TPSA) is 66.5 Å². The molecule has 1 N–H and O–H groups in total. The third-order valence-electron chi connectivity index (χ3n) is 4.97. The molecule has 2 fully saturated rings. The van der Waals surface area contributed by atoms with Gasteiger partial charge in [-0.05, 0) is 43.0 Å². The van der Waals surface area contributed by atoms with Gasteiger partial charge < -0.3 is 5.32 Å². The number of Topliss-reactive ketones (excluding diaryl/α,β-unsaturated/α-hetero) is 1. The van der Waals surface area contributed by atoms with Crippen molar-refractivity contribution in [3.8, 4) is 0 Å². The number of rotatable bonds is 3.